The summed E-state index contributed by atoms with van der Waals surface area (Å²) in [6.45, 7) is 6.53. The van der Waals surface area contributed by atoms with Gasteiger partial charge in [-0.3, -0.25) is 14.4 Å². The molecule has 6 heteroatoms. The molecule has 0 bridgehead atoms. The molecule has 0 aliphatic rings. The minimum Gasteiger partial charge on any atom is -0.462 e. The van der Waals surface area contributed by atoms with Crippen molar-refractivity contribution in [1.29, 1.82) is 0 Å². The molecular formula is C65H112O6. The zero-order chi connectivity index (χ0) is 51.4. The molecule has 408 valence electrons. The predicted molar refractivity (Wildman–Crippen MR) is 307 cm³/mol. The SMILES string of the molecule is CC/C=C\C/C=C\C/C=C\C/C=C\C/C=C\C/C=C\C/C=C\CCCCCCCC(=O)OCC(COC(=O)CCCCCCCCCCCCCC)OC(=O)CCCCCCCCCCCCCCCC. The van der Waals surface area contributed by atoms with Gasteiger partial charge >= 0.3 is 17.9 Å². The fraction of sp³-hybridized carbons (Fsp3) is 0.738. The predicted octanol–water partition coefficient (Wildman–Crippen LogP) is 20.3. The van der Waals surface area contributed by atoms with Gasteiger partial charge in [-0.2, -0.15) is 0 Å². The van der Waals surface area contributed by atoms with Crippen LogP contribution in [0.5, 0.6) is 0 Å². The third kappa shape index (κ3) is 57.4. The molecule has 0 aliphatic heterocycles. The Morgan fingerprint density at radius 1 is 0.296 bits per heavy atom. The smallest absolute Gasteiger partial charge is 0.306 e. The number of ether oxygens (including phenoxy) is 3. The lowest BCUT2D eigenvalue weighted by atomic mass is 10.0. The molecule has 0 aromatic carbocycles. The second-order valence-corrected chi connectivity index (χ2v) is 19.9. The summed E-state index contributed by atoms with van der Waals surface area (Å²) in [4.78, 5) is 38.1. The molecule has 6 nitrogen and oxygen atoms in total. The summed E-state index contributed by atoms with van der Waals surface area (Å²) in [6.07, 6.45) is 77.2. The molecular weight excluding hydrogens is 877 g/mol. The highest BCUT2D eigenvalue weighted by atomic mass is 16.6. The van der Waals surface area contributed by atoms with Crippen molar-refractivity contribution >= 4 is 17.9 Å². The van der Waals surface area contributed by atoms with Crippen LogP contribution >= 0.6 is 0 Å². The first-order valence-corrected chi connectivity index (χ1v) is 30.1. The van der Waals surface area contributed by atoms with Crippen LogP contribution in [0.15, 0.2) is 85.1 Å². The van der Waals surface area contributed by atoms with Crippen molar-refractivity contribution in [1.82, 2.24) is 0 Å². The lowest BCUT2D eigenvalue weighted by Gasteiger charge is -2.18. The maximum absolute atomic E-state index is 12.8. The monoisotopic (exact) mass is 989 g/mol. The number of allylic oxidation sites excluding steroid dienone is 14. The summed E-state index contributed by atoms with van der Waals surface area (Å²) in [7, 11) is 0. The first-order valence-electron chi connectivity index (χ1n) is 30.1. The van der Waals surface area contributed by atoms with Crippen LogP contribution in [0, 0.1) is 0 Å². The molecule has 0 fully saturated rings. The Kier molecular flexibility index (Phi) is 56.3. The second-order valence-electron chi connectivity index (χ2n) is 19.9. The van der Waals surface area contributed by atoms with E-state index in [2.05, 4.69) is 106 Å². The van der Waals surface area contributed by atoms with Crippen molar-refractivity contribution in [2.75, 3.05) is 13.2 Å². The summed E-state index contributed by atoms with van der Waals surface area (Å²) in [5.74, 6) is -0.888. The highest BCUT2D eigenvalue weighted by molar-refractivity contribution is 5.71. The maximum atomic E-state index is 12.8. The van der Waals surface area contributed by atoms with Crippen molar-refractivity contribution in [3.8, 4) is 0 Å². The quantitative estimate of drug-likeness (QED) is 0.0261. The molecule has 0 N–H and O–H groups in total. The molecule has 0 aliphatic carbocycles. The van der Waals surface area contributed by atoms with Gasteiger partial charge in [0.2, 0.25) is 0 Å². The fourth-order valence-corrected chi connectivity index (χ4v) is 8.42. The number of unbranched alkanes of at least 4 members (excludes halogenated alkanes) is 29. The number of carbonyl (C=O) groups is 3. The number of hydrogen-bond donors (Lipinski definition) is 0. The molecule has 0 saturated carbocycles. The second kappa shape index (κ2) is 59.2. The zero-order valence-corrected chi connectivity index (χ0v) is 46.7. The summed E-state index contributed by atoms with van der Waals surface area (Å²) in [5, 5.41) is 0. The van der Waals surface area contributed by atoms with Gasteiger partial charge in [0.25, 0.3) is 0 Å². The van der Waals surface area contributed by atoms with Gasteiger partial charge < -0.3 is 14.2 Å². The van der Waals surface area contributed by atoms with Crippen LogP contribution in [0.1, 0.15) is 290 Å². The third-order valence-electron chi connectivity index (χ3n) is 12.9. The Morgan fingerprint density at radius 3 is 0.859 bits per heavy atom. The van der Waals surface area contributed by atoms with Crippen LogP contribution in [0.3, 0.4) is 0 Å². The summed E-state index contributed by atoms with van der Waals surface area (Å²) >= 11 is 0. The lowest BCUT2D eigenvalue weighted by molar-refractivity contribution is -0.167. The first kappa shape index (κ1) is 67.6. The van der Waals surface area contributed by atoms with Crippen molar-refractivity contribution in [3.63, 3.8) is 0 Å². The van der Waals surface area contributed by atoms with E-state index >= 15 is 0 Å². The van der Waals surface area contributed by atoms with Gasteiger partial charge in [0.15, 0.2) is 6.10 Å². The topological polar surface area (TPSA) is 78.9 Å². The molecule has 0 saturated heterocycles. The van der Waals surface area contributed by atoms with Crippen LogP contribution in [-0.4, -0.2) is 37.2 Å². The number of rotatable bonds is 54. The average molecular weight is 990 g/mol. The van der Waals surface area contributed by atoms with Gasteiger partial charge in [-0.1, -0.05) is 279 Å². The van der Waals surface area contributed by atoms with Crippen molar-refractivity contribution in [2.24, 2.45) is 0 Å². The number of esters is 3. The van der Waals surface area contributed by atoms with E-state index in [0.29, 0.717) is 19.3 Å². The Hall–Kier alpha value is -3.41. The Morgan fingerprint density at radius 2 is 0.549 bits per heavy atom. The molecule has 1 unspecified atom stereocenters. The largest absolute Gasteiger partial charge is 0.462 e. The molecule has 0 aromatic rings. The van der Waals surface area contributed by atoms with Crippen molar-refractivity contribution in [2.45, 2.75) is 297 Å². The molecule has 0 amide bonds. The Labute approximate surface area is 439 Å². The van der Waals surface area contributed by atoms with Crippen molar-refractivity contribution in [3.05, 3.63) is 85.1 Å². The Balaban J connectivity index is 4.32. The van der Waals surface area contributed by atoms with E-state index in [1.165, 1.54) is 128 Å². The highest BCUT2D eigenvalue weighted by Crippen LogP contribution is 2.16. The van der Waals surface area contributed by atoms with E-state index in [-0.39, 0.29) is 31.1 Å². The zero-order valence-electron chi connectivity index (χ0n) is 46.7. The van der Waals surface area contributed by atoms with E-state index < -0.39 is 6.10 Å². The van der Waals surface area contributed by atoms with E-state index in [0.717, 1.165) is 122 Å². The van der Waals surface area contributed by atoms with Gasteiger partial charge in [-0.05, 0) is 77.0 Å². The molecule has 1 atom stereocenters. The van der Waals surface area contributed by atoms with Crippen molar-refractivity contribution < 1.29 is 28.6 Å². The minimum atomic E-state index is -0.781. The summed E-state index contributed by atoms with van der Waals surface area (Å²) in [5.41, 5.74) is 0. The third-order valence-corrected chi connectivity index (χ3v) is 12.9. The normalized spacial score (nSPS) is 12.7. The number of hydrogen-bond acceptors (Lipinski definition) is 6. The van der Waals surface area contributed by atoms with E-state index in [1.807, 2.05) is 0 Å². The van der Waals surface area contributed by atoms with Crippen LogP contribution in [-0.2, 0) is 28.6 Å². The summed E-state index contributed by atoms with van der Waals surface area (Å²) < 4.78 is 16.9. The highest BCUT2D eigenvalue weighted by Gasteiger charge is 2.19. The van der Waals surface area contributed by atoms with Gasteiger partial charge in [0.05, 0.1) is 0 Å². The molecule has 0 spiro atoms. The van der Waals surface area contributed by atoms with Crippen LogP contribution in [0.4, 0.5) is 0 Å². The maximum Gasteiger partial charge on any atom is 0.306 e. The standard InChI is InChI=1S/C65H112O6/c1-4-7-10-13-16-19-22-25-27-28-29-30-31-32-33-34-35-36-37-38-39-41-43-46-49-52-55-58-64(67)70-61-62(60-69-63(66)57-54-51-48-45-42-24-21-18-15-12-9-6-3)71-65(68)59-56-53-50-47-44-40-26-23-20-17-14-11-8-5-2/h7,10,16,19,25,27,29-30,32-33,35-36,38-39,62H,4-6,8-9,11-15,17-18,20-24,26,28,31,34,37,40-61H2,1-3H3/b10-7-,19-16-,27-25-,30-29-,33-32-,36-35-,39-38-. The first-order chi connectivity index (χ1) is 35.0. The number of carbonyl (C=O) groups excluding carboxylic acids is 3. The van der Waals surface area contributed by atoms with Gasteiger partial charge in [0.1, 0.15) is 13.2 Å². The van der Waals surface area contributed by atoms with E-state index in [1.54, 1.807) is 0 Å². The lowest BCUT2D eigenvalue weighted by Crippen LogP contribution is -2.30. The van der Waals surface area contributed by atoms with Crippen LogP contribution < -0.4 is 0 Å². The van der Waals surface area contributed by atoms with Gasteiger partial charge in [-0.25, -0.2) is 0 Å². The van der Waals surface area contributed by atoms with E-state index in [9.17, 15) is 14.4 Å². The van der Waals surface area contributed by atoms with Crippen LogP contribution in [0.2, 0.25) is 0 Å². The van der Waals surface area contributed by atoms with Gasteiger partial charge in [-0.15, -0.1) is 0 Å². The minimum absolute atomic E-state index is 0.0787. The van der Waals surface area contributed by atoms with Gasteiger partial charge in [0, 0.05) is 19.3 Å². The molecule has 0 aromatic heterocycles. The molecule has 0 rings (SSSR count). The van der Waals surface area contributed by atoms with Crippen LogP contribution in [0.25, 0.3) is 0 Å². The summed E-state index contributed by atoms with van der Waals surface area (Å²) in [6, 6.07) is 0. The van der Waals surface area contributed by atoms with E-state index in [4.69, 9.17) is 14.2 Å². The molecule has 71 heavy (non-hydrogen) atoms. The molecule has 0 radical (unpaired) electrons. The average Bonchev–Trinajstić information content (AvgIpc) is 3.37. The fourth-order valence-electron chi connectivity index (χ4n) is 8.42. The Bertz CT molecular complexity index is 1370. The molecule has 0 heterocycles.